The first-order valence-corrected chi connectivity index (χ1v) is 13.0. The van der Waals surface area contributed by atoms with Gasteiger partial charge >= 0.3 is 0 Å². The highest BCUT2D eigenvalue weighted by Gasteiger charge is 2.54. The molecule has 0 spiro atoms. The molecule has 228 valence electrons. The van der Waals surface area contributed by atoms with Crippen molar-refractivity contribution in [3.63, 3.8) is 0 Å². The molecule has 0 radical (unpaired) electrons. The summed E-state index contributed by atoms with van der Waals surface area (Å²) in [5, 5.41) is 65.3. The van der Waals surface area contributed by atoms with E-state index in [2.05, 4.69) is 5.32 Å². The van der Waals surface area contributed by atoms with E-state index in [4.69, 9.17) is 47.6 Å². The Morgan fingerprint density at radius 3 is 2.18 bits per heavy atom. The molecule has 1 amide bonds. The van der Waals surface area contributed by atoms with E-state index in [0.29, 0.717) is 12.8 Å². The van der Waals surface area contributed by atoms with E-state index < -0.39 is 98.1 Å². The van der Waals surface area contributed by atoms with Crippen molar-refractivity contribution in [3.8, 4) is 0 Å². The van der Waals surface area contributed by atoms with Gasteiger partial charge in [-0.25, -0.2) is 0 Å². The highest BCUT2D eigenvalue weighted by atomic mass is 16.7. The van der Waals surface area contributed by atoms with E-state index in [1.165, 1.54) is 0 Å². The minimum atomic E-state index is -1.68. The highest BCUT2D eigenvalue weighted by Crippen LogP contribution is 2.31. The zero-order valence-corrected chi connectivity index (χ0v) is 21.5. The molecule has 6 unspecified atom stereocenters. The molecule has 17 heteroatoms. The summed E-state index contributed by atoms with van der Waals surface area (Å²) >= 11 is 0. The zero-order valence-electron chi connectivity index (χ0n) is 21.5. The molecule has 2 heterocycles. The van der Waals surface area contributed by atoms with Crippen LogP contribution < -0.4 is 34.0 Å². The van der Waals surface area contributed by atoms with Crippen LogP contribution in [-0.2, 0) is 23.7 Å². The van der Waals surface area contributed by atoms with Gasteiger partial charge in [-0.2, -0.15) is 0 Å². The molecule has 39 heavy (non-hydrogen) atoms. The van der Waals surface area contributed by atoms with Crippen LogP contribution in [0.25, 0.3) is 0 Å². The number of amides is 1. The Kier molecular flexibility index (Phi) is 11.8. The molecule has 15 atom stereocenters. The average molecular weight is 569 g/mol. The van der Waals surface area contributed by atoms with Crippen molar-refractivity contribution in [2.75, 3.05) is 19.7 Å². The smallest absolute Gasteiger partial charge is 0.249 e. The van der Waals surface area contributed by atoms with Gasteiger partial charge in [0.1, 0.15) is 42.7 Å². The molecule has 0 aromatic heterocycles. The molecule has 1 saturated carbocycles. The summed E-state index contributed by atoms with van der Waals surface area (Å²) in [4.78, 5) is 12.6. The largest absolute Gasteiger partial charge is 0.394 e. The molecule has 3 aliphatic rings. The lowest BCUT2D eigenvalue weighted by Crippen LogP contribution is -2.74. The van der Waals surface area contributed by atoms with Crippen LogP contribution in [0.2, 0.25) is 0 Å². The summed E-state index contributed by atoms with van der Waals surface area (Å²) in [6.45, 7) is -0.469. The number of nitrogens with two attached hydrogens (primary N) is 5. The number of hydrogen-bond donors (Lipinski definition) is 12. The van der Waals surface area contributed by atoms with Crippen molar-refractivity contribution < 1.29 is 54.4 Å². The van der Waals surface area contributed by atoms with Gasteiger partial charge in [0.2, 0.25) is 5.91 Å². The SMILES string of the molecule is NCC[C@H](O)C(=O)N[C@@H]1C(O)[C@H](N)C(O[C@H]2O[C@H](CN)CCC2N)C(O)[C@H]1O[C@H]1OC(CO)[C@@H](O)[C@H](N)C1O. The van der Waals surface area contributed by atoms with Crippen LogP contribution in [-0.4, -0.2) is 148 Å². The van der Waals surface area contributed by atoms with Crippen LogP contribution in [0, 0.1) is 0 Å². The van der Waals surface area contributed by atoms with E-state index in [1.807, 2.05) is 0 Å². The van der Waals surface area contributed by atoms with Crippen LogP contribution in [0.5, 0.6) is 0 Å². The summed E-state index contributed by atoms with van der Waals surface area (Å²) < 4.78 is 23.0. The molecule has 2 saturated heterocycles. The number of carbonyl (C=O) groups excluding carboxylic acids is 1. The fraction of sp³-hybridized carbons (Fsp3) is 0.955. The van der Waals surface area contributed by atoms with Gasteiger partial charge in [-0.05, 0) is 25.8 Å². The maximum Gasteiger partial charge on any atom is 0.249 e. The van der Waals surface area contributed by atoms with Crippen molar-refractivity contribution in [1.29, 1.82) is 0 Å². The van der Waals surface area contributed by atoms with E-state index in [9.17, 15) is 35.4 Å². The second-order valence-electron chi connectivity index (χ2n) is 10.3. The number of aliphatic hydroxyl groups excluding tert-OH is 6. The first-order valence-electron chi connectivity index (χ1n) is 13.0. The van der Waals surface area contributed by atoms with Gasteiger partial charge in [-0.3, -0.25) is 4.79 Å². The molecule has 17 N–H and O–H groups in total. The number of aliphatic hydroxyl groups is 6. The maximum absolute atomic E-state index is 12.6. The molecule has 17 nitrogen and oxygen atoms in total. The first kappa shape index (κ1) is 32.4. The number of rotatable bonds is 10. The van der Waals surface area contributed by atoms with Crippen molar-refractivity contribution >= 4 is 5.91 Å². The average Bonchev–Trinajstić information content (AvgIpc) is 2.92. The molecular formula is C22H44N6O11. The minimum Gasteiger partial charge on any atom is -0.394 e. The molecule has 0 aromatic carbocycles. The fourth-order valence-corrected chi connectivity index (χ4v) is 5.03. The third-order valence-electron chi connectivity index (χ3n) is 7.50. The third kappa shape index (κ3) is 7.21. The van der Waals surface area contributed by atoms with E-state index in [1.54, 1.807) is 0 Å². The molecule has 2 aliphatic heterocycles. The lowest BCUT2D eigenvalue weighted by Gasteiger charge is -2.50. The summed E-state index contributed by atoms with van der Waals surface area (Å²) in [5.74, 6) is -0.925. The molecule has 3 rings (SSSR count). The molecular weight excluding hydrogens is 524 g/mol. The Hall–Kier alpha value is -1.13. The Morgan fingerprint density at radius 2 is 1.56 bits per heavy atom. The van der Waals surface area contributed by atoms with Gasteiger partial charge in [0.15, 0.2) is 12.6 Å². The predicted octanol–water partition coefficient (Wildman–Crippen LogP) is -7.43. The highest BCUT2D eigenvalue weighted by molar-refractivity contribution is 5.81. The van der Waals surface area contributed by atoms with Crippen LogP contribution in [0.1, 0.15) is 19.3 Å². The third-order valence-corrected chi connectivity index (χ3v) is 7.50. The zero-order chi connectivity index (χ0) is 29.0. The monoisotopic (exact) mass is 568 g/mol. The van der Waals surface area contributed by atoms with Gasteiger partial charge in [-0.1, -0.05) is 0 Å². The van der Waals surface area contributed by atoms with Crippen molar-refractivity contribution in [2.24, 2.45) is 28.7 Å². The second kappa shape index (κ2) is 14.2. The lowest BCUT2D eigenvalue weighted by atomic mass is 9.81. The number of carbonyl (C=O) groups is 1. The topological polar surface area (TPSA) is 317 Å². The summed E-state index contributed by atoms with van der Waals surface area (Å²) in [6.07, 6.45) is -14.1. The quantitative estimate of drug-likeness (QED) is 0.116. The standard InChI is InChI=1S/C22H44N6O11/c23-4-3-9(30)20(35)28-13-15(32)12(27)18(38-21-8(25)2-1-7(5-24)36-21)17(34)19(13)39-22-16(33)11(26)14(31)10(6-29)37-22/h7-19,21-22,29-34H,1-6,23-27H2,(H,28,35)/t7-,8?,9-,10?,11-,12-,13+,14+,15?,16?,17?,18?,19-,21+,22+/m0/s1. The van der Waals surface area contributed by atoms with Gasteiger partial charge in [-0.15, -0.1) is 0 Å². The van der Waals surface area contributed by atoms with Crippen LogP contribution in [0.3, 0.4) is 0 Å². The second-order valence-corrected chi connectivity index (χ2v) is 10.3. The first-order chi connectivity index (χ1) is 18.4. The van der Waals surface area contributed by atoms with Crippen LogP contribution >= 0.6 is 0 Å². The minimum absolute atomic E-state index is 0.00387. The van der Waals surface area contributed by atoms with E-state index >= 15 is 0 Å². The van der Waals surface area contributed by atoms with Crippen molar-refractivity contribution in [1.82, 2.24) is 5.32 Å². The molecule has 1 aliphatic carbocycles. The number of hydrogen-bond acceptors (Lipinski definition) is 16. The summed E-state index contributed by atoms with van der Waals surface area (Å²) in [5.41, 5.74) is 29.4. The number of ether oxygens (including phenoxy) is 4. The maximum atomic E-state index is 12.6. The van der Waals surface area contributed by atoms with E-state index in [0.717, 1.165) is 0 Å². The fourth-order valence-electron chi connectivity index (χ4n) is 5.03. The summed E-state index contributed by atoms with van der Waals surface area (Å²) in [6, 6.07) is -4.65. The molecule has 0 bridgehead atoms. The van der Waals surface area contributed by atoms with E-state index in [-0.39, 0.29) is 25.6 Å². The van der Waals surface area contributed by atoms with Gasteiger partial charge in [0.05, 0.1) is 43.0 Å². The Bertz CT molecular complexity index is 787. The van der Waals surface area contributed by atoms with Crippen LogP contribution in [0.4, 0.5) is 0 Å². The van der Waals surface area contributed by atoms with Crippen LogP contribution in [0.15, 0.2) is 0 Å². The summed E-state index contributed by atoms with van der Waals surface area (Å²) in [7, 11) is 0. The van der Waals surface area contributed by atoms with Crippen molar-refractivity contribution in [3.05, 3.63) is 0 Å². The van der Waals surface area contributed by atoms with Gasteiger partial charge in [0.25, 0.3) is 0 Å². The Morgan fingerprint density at radius 1 is 0.897 bits per heavy atom. The Labute approximate surface area is 225 Å². The van der Waals surface area contributed by atoms with Crippen molar-refractivity contribution in [2.45, 2.75) is 111 Å². The molecule has 3 fully saturated rings. The van der Waals surface area contributed by atoms with Gasteiger partial charge < -0.3 is 83.6 Å². The predicted molar refractivity (Wildman–Crippen MR) is 132 cm³/mol. The number of nitrogens with one attached hydrogen (secondary N) is 1. The molecule has 0 aromatic rings. The lowest BCUT2D eigenvalue weighted by molar-refractivity contribution is -0.319. The normalized spacial score (nSPS) is 46.0. The van der Waals surface area contributed by atoms with Gasteiger partial charge in [0, 0.05) is 6.54 Å². The Balaban J connectivity index is 1.88.